The molecule has 2 aromatic rings. The molecule has 5 nitrogen and oxygen atoms in total. The van der Waals surface area contributed by atoms with Gasteiger partial charge in [0.25, 0.3) is 0 Å². The van der Waals surface area contributed by atoms with Crippen LogP contribution in [0.3, 0.4) is 0 Å². The molecule has 116 valence electrons. The van der Waals surface area contributed by atoms with E-state index >= 15 is 0 Å². The van der Waals surface area contributed by atoms with Crippen molar-refractivity contribution in [2.45, 2.75) is 13.0 Å². The number of methoxy groups -OCH3 is 1. The van der Waals surface area contributed by atoms with E-state index in [2.05, 4.69) is 15.2 Å². The lowest BCUT2D eigenvalue weighted by Crippen LogP contribution is -2.29. The van der Waals surface area contributed by atoms with Crippen LogP contribution in [0.1, 0.15) is 12.1 Å². The number of nitrogens with one attached hydrogen (secondary N) is 1. The van der Waals surface area contributed by atoms with Crippen LogP contribution >= 0.6 is 0 Å². The summed E-state index contributed by atoms with van der Waals surface area (Å²) in [7, 11) is 1.69. The van der Waals surface area contributed by atoms with Crippen molar-refractivity contribution in [1.29, 1.82) is 0 Å². The molecule has 1 N–H and O–H groups in total. The molecule has 3 rings (SSSR count). The van der Waals surface area contributed by atoms with Crippen LogP contribution in [0.5, 0.6) is 0 Å². The van der Waals surface area contributed by atoms with Crippen LogP contribution < -0.4 is 10.2 Å². The van der Waals surface area contributed by atoms with Crippen molar-refractivity contribution >= 4 is 5.82 Å². The zero-order valence-corrected chi connectivity index (χ0v) is 13.0. The third-order valence-corrected chi connectivity index (χ3v) is 3.75. The molecule has 0 bridgehead atoms. The van der Waals surface area contributed by atoms with Crippen LogP contribution in [0, 0.1) is 0 Å². The first-order valence-electron chi connectivity index (χ1n) is 7.75. The summed E-state index contributed by atoms with van der Waals surface area (Å²) < 4.78 is 5.26. The number of hydrogen-bond acceptors (Lipinski definition) is 5. The van der Waals surface area contributed by atoms with Gasteiger partial charge in [-0.05, 0) is 13.0 Å². The fourth-order valence-corrected chi connectivity index (χ4v) is 2.66. The predicted molar refractivity (Wildman–Crippen MR) is 87.9 cm³/mol. The molecule has 1 aromatic heterocycles. The topological polar surface area (TPSA) is 50.3 Å². The first kappa shape index (κ1) is 14.9. The fraction of sp³-hybridized carbons (Fsp3) is 0.412. The molecule has 1 saturated heterocycles. The van der Waals surface area contributed by atoms with Gasteiger partial charge < -0.3 is 15.0 Å². The van der Waals surface area contributed by atoms with Crippen molar-refractivity contribution in [3.05, 3.63) is 42.1 Å². The normalized spacial score (nSPS) is 15.6. The summed E-state index contributed by atoms with van der Waals surface area (Å²) >= 11 is 0. The Kier molecular flexibility index (Phi) is 4.98. The molecule has 0 spiro atoms. The first-order chi connectivity index (χ1) is 10.9. The maximum atomic E-state index is 5.26. The van der Waals surface area contributed by atoms with E-state index in [1.165, 1.54) is 0 Å². The molecule has 5 heteroatoms. The molecule has 0 saturated carbocycles. The smallest absolute Gasteiger partial charge is 0.161 e. The second kappa shape index (κ2) is 7.33. The monoisotopic (exact) mass is 298 g/mol. The molecule has 2 heterocycles. The number of aromatic nitrogens is 2. The summed E-state index contributed by atoms with van der Waals surface area (Å²) in [4.78, 5) is 11.7. The molecule has 1 aliphatic rings. The summed E-state index contributed by atoms with van der Waals surface area (Å²) in [5, 5.41) is 3.42. The third-order valence-electron chi connectivity index (χ3n) is 3.75. The first-order valence-corrected chi connectivity index (χ1v) is 7.75. The van der Waals surface area contributed by atoms with Crippen LogP contribution in [0.15, 0.2) is 36.4 Å². The minimum absolute atomic E-state index is 0.501. The lowest BCUT2D eigenvalue weighted by molar-refractivity contribution is 0.181. The van der Waals surface area contributed by atoms with E-state index in [4.69, 9.17) is 9.72 Å². The van der Waals surface area contributed by atoms with Crippen LogP contribution in [-0.2, 0) is 11.3 Å². The Bertz CT molecular complexity index is 595. The SMILES string of the molecule is COCc1cc(N2CCCNCC2)nc(-c2ccccc2)n1. The van der Waals surface area contributed by atoms with Gasteiger partial charge in [-0.25, -0.2) is 9.97 Å². The van der Waals surface area contributed by atoms with Gasteiger partial charge in [0.2, 0.25) is 0 Å². The molecule has 0 atom stereocenters. The van der Waals surface area contributed by atoms with Gasteiger partial charge in [-0.2, -0.15) is 0 Å². The van der Waals surface area contributed by atoms with Crippen molar-refractivity contribution in [2.24, 2.45) is 0 Å². The minimum atomic E-state index is 0.501. The van der Waals surface area contributed by atoms with E-state index in [9.17, 15) is 0 Å². The maximum Gasteiger partial charge on any atom is 0.161 e. The van der Waals surface area contributed by atoms with E-state index in [0.717, 1.165) is 55.5 Å². The van der Waals surface area contributed by atoms with E-state index in [1.807, 2.05) is 36.4 Å². The summed E-state index contributed by atoms with van der Waals surface area (Å²) in [6, 6.07) is 12.2. The van der Waals surface area contributed by atoms with E-state index in [-0.39, 0.29) is 0 Å². The van der Waals surface area contributed by atoms with Crippen LogP contribution in [0.25, 0.3) is 11.4 Å². The molecule has 1 aliphatic heterocycles. The van der Waals surface area contributed by atoms with Crippen molar-refractivity contribution in [3.63, 3.8) is 0 Å². The largest absolute Gasteiger partial charge is 0.378 e. The standard InChI is InChI=1S/C17H22N4O/c1-22-13-15-12-16(21-10-5-8-18-9-11-21)20-17(19-15)14-6-3-2-4-7-14/h2-4,6-7,12,18H,5,8-11,13H2,1H3. The van der Waals surface area contributed by atoms with Crippen LogP contribution in [0.2, 0.25) is 0 Å². The van der Waals surface area contributed by atoms with E-state index in [0.29, 0.717) is 6.61 Å². The number of anilines is 1. The van der Waals surface area contributed by atoms with Crippen molar-refractivity contribution in [1.82, 2.24) is 15.3 Å². The average Bonchev–Trinajstić information content (AvgIpc) is 2.85. The van der Waals surface area contributed by atoms with Crippen molar-refractivity contribution < 1.29 is 4.74 Å². The Morgan fingerprint density at radius 1 is 1.14 bits per heavy atom. The van der Waals surface area contributed by atoms with Gasteiger partial charge in [0, 0.05) is 38.4 Å². The molecule has 0 aliphatic carbocycles. The van der Waals surface area contributed by atoms with Gasteiger partial charge in [0.05, 0.1) is 12.3 Å². The maximum absolute atomic E-state index is 5.26. The van der Waals surface area contributed by atoms with Crippen molar-refractivity contribution in [2.75, 3.05) is 38.2 Å². The predicted octanol–water partition coefficient (Wildman–Crippen LogP) is 2.09. The number of hydrogen-bond donors (Lipinski definition) is 1. The van der Waals surface area contributed by atoms with Gasteiger partial charge in [0.15, 0.2) is 5.82 Å². The Labute approximate surface area is 131 Å². The fourth-order valence-electron chi connectivity index (χ4n) is 2.66. The second-order valence-electron chi connectivity index (χ2n) is 5.43. The summed E-state index contributed by atoms with van der Waals surface area (Å²) in [5.74, 6) is 1.76. The third kappa shape index (κ3) is 3.61. The van der Waals surface area contributed by atoms with Gasteiger partial charge in [-0.1, -0.05) is 30.3 Å². The zero-order chi connectivity index (χ0) is 15.2. The zero-order valence-electron chi connectivity index (χ0n) is 13.0. The molecular weight excluding hydrogens is 276 g/mol. The van der Waals surface area contributed by atoms with Gasteiger partial charge >= 0.3 is 0 Å². The highest BCUT2D eigenvalue weighted by Crippen LogP contribution is 2.21. The molecule has 0 radical (unpaired) electrons. The van der Waals surface area contributed by atoms with Crippen LogP contribution in [-0.4, -0.2) is 43.3 Å². The highest BCUT2D eigenvalue weighted by molar-refractivity contribution is 5.58. The number of ether oxygens (including phenoxy) is 1. The van der Waals surface area contributed by atoms with Crippen LogP contribution in [0.4, 0.5) is 5.82 Å². The summed E-state index contributed by atoms with van der Waals surface area (Å²) in [6.07, 6.45) is 1.13. The molecule has 0 unspecified atom stereocenters. The van der Waals surface area contributed by atoms with Gasteiger partial charge in [0.1, 0.15) is 5.82 Å². The molecule has 1 aromatic carbocycles. The summed E-state index contributed by atoms with van der Waals surface area (Å²) in [6.45, 7) is 4.55. The van der Waals surface area contributed by atoms with E-state index in [1.54, 1.807) is 7.11 Å². The number of rotatable bonds is 4. The number of benzene rings is 1. The molecule has 22 heavy (non-hydrogen) atoms. The second-order valence-corrected chi connectivity index (χ2v) is 5.43. The van der Waals surface area contributed by atoms with E-state index < -0.39 is 0 Å². The Balaban J connectivity index is 1.96. The Morgan fingerprint density at radius 3 is 2.82 bits per heavy atom. The van der Waals surface area contributed by atoms with Crippen molar-refractivity contribution in [3.8, 4) is 11.4 Å². The summed E-state index contributed by atoms with van der Waals surface area (Å²) in [5.41, 5.74) is 1.96. The molecule has 0 amide bonds. The highest BCUT2D eigenvalue weighted by Gasteiger charge is 2.14. The van der Waals surface area contributed by atoms with Gasteiger partial charge in [-0.3, -0.25) is 0 Å². The number of nitrogens with zero attached hydrogens (tertiary/aromatic N) is 3. The Hall–Kier alpha value is -1.98. The molecular formula is C17H22N4O. The minimum Gasteiger partial charge on any atom is -0.378 e. The average molecular weight is 298 g/mol. The Morgan fingerprint density at radius 2 is 2.00 bits per heavy atom. The lowest BCUT2D eigenvalue weighted by atomic mass is 10.2. The molecule has 1 fully saturated rings. The lowest BCUT2D eigenvalue weighted by Gasteiger charge is -2.22. The quantitative estimate of drug-likeness (QED) is 0.936. The highest BCUT2D eigenvalue weighted by atomic mass is 16.5. The van der Waals surface area contributed by atoms with Gasteiger partial charge in [-0.15, -0.1) is 0 Å².